The van der Waals surface area contributed by atoms with Crippen LogP contribution in [-0.4, -0.2) is 17.7 Å². The lowest BCUT2D eigenvalue weighted by molar-refractivity contribution is 0.183. The van der Waals surface area contributed by atoms with Gasteiger partial charge in [0, 0.05) is 6.54 Å². The van der Waals surface area contributed by atoms with Gasteiger partial charge in [-0.2, -0.15) is 11.1 Å². The van der Waals surface area contributed by atoms with Crippen LogP contribution in [0.4, 0.5) is 4.79 Å². The van der Waals surface area contributed by atoms with Crippen molar-refractivity contribution in [2.75, 3.05) is 6.54 Å². The molecule has 5 N–H and O–H groups in total. The third-order valence-corrected chi connectivity index (χ3v) is 1.98. The maximum Gasteiger partial charge on any atom is 0.420 e. The summed E-state index contributed by atoms with van der Waals surface area (Å²) in [6, 6.07) is 0. The lowest BCUT2D eigenvalue weighted by Gasteiger charge is -2.07. The maximum absolute atomic E-state index is 9.99. The normalized spacial score (nSPS) is 10.2. The minimum atomic E-state index is -1.12. The molecule has 0 bridgehead atoms. The smallest absolute Gasteiger partial charge is 0.420 e. The van der Waals surface area contributed by atoms with E-state index in [-0.39, 0.29) is 0 Å². The van der Waals surface area contributed by atoms with Gasteiger partial charge in [-0.25, -0.2) is 15.6 Å². The Balaban J connectivity index is 2.89. The van der Waals surface area contributed by atoms with Crippen LogP contribution in [0.2, 0.25) is 0 Å². The maximum atomic E-state index is 9.99. The van der Waals surface area contributed by atoms with Gasteiger partial charge in [-0.1, -0.05) is 39.0 Å². The molecule has 0 spiro atoms. The molecule has 0 aromatic rings. The van der Waals surface area contributed by atoms with E-state index in [9.17, 15) is 4.79 Å². The Morgan fingerprint density at radius 2 is 1.73 bits per heavy atom. The van der Waals surface area contributed by atoms with Crippen LogP contribution >= 0.6 is 0 Å². The Morgan fingerprint density at radius 3 is 2.40 bits per heavy atom. The molecule has 0 aliphatic rings. The Kier molecular flexibility index (Phi) is 10.6. The van der Waals surface area contributed by atoms with Crippen LogP contribution in [0.3, 0.4) is 0 Å². The Labute approximate surface area is 90.7 Å². The predicted molar refractivity (Wildman–Crippen MR) is 58.8 cm³/mol. The molecule has 6 heteroatoms. The summed E-state index contributed by atoms with van der Waals surface area (Å²) in [6.45, 7) is 3.02. The van der Waals surface area contributed by atoms with E-state index in [1.165, 1.54) is 32.1 Å². The van der Waals surface area contributed by atoms with Gasteiger partial charge in [-0.3, -0.25) is 0 Å². The summed E-state index contributed by atoms with van der Waals surface area (Å²) in [7, 11) is 0. The van der Waals surface area contributed by atoms with E-state index in [1.54, 1.807) is 0 Å². The molecule has 0 unspecified atom stereocenters. The molecule has 90 valence electrons. The third-order valence-electron chi connectivity index (χ3n) is 1.98. The van der Waals surface area contributed by atoms with Gasteiger partial charge < -0.3 is 5.11 Å². The predicted octanol–water partition coefficient (Wildman–Crippen LogP) is 1.13. The molecule has 1 amide bonds. The SMILES string of the molecule is CCCCCCCCNNNNC(=O)O. The average Bonchev–Trinajstić information content (AvgIpc) is 2.20. The highest BCUT2D eigenvalue weighted by Crippen LogP contribution is 2.03. The summed E-state index contributed by atoms with van der Waals surface area (Å²) in [5, 5.41) is 8.20. The molecule has 15 heavy (non-hydrogen) atoms. The average molecular weight is 218 g/mol. The van der Waals surface area contributed by atoms with Crippen LogP contribution < -0.4 is 21.9 Å². The van der Waals surface area contributed by atoms with Gasteiger partial charge in [-0.05, 0) is 6.42 Å². The highest BCUT2D eigenvalue weighted by atomic mass is 16.4. The number of hydrazine groups is 3. The number of nitrogens with one attached hydrogen (secondary N) is 4. The molecule has 0 aromatic heterocycles. The standard InChI is InChI=1S/C9H22N4O2/c1-2-3-4-5-6-7-8-10-12-13-11-9(14)15/h10-13H,2-8H2,1H3,(H,14,15). The molecule has 0 fully saturated rings. The lowest BCUT2D eigenvalue weighted by atomic mass is 10.1. The summed E-state index contributed by atoms with van der Waals surface area (Å²) in [4.78, 5) is 9.99. The van der Waals surface area contributed by atoms with Crippen molar-refractivity contribution in [2.45, 2.75) is 45.4 Å². The number of carboxylic acid groups (broad SMARTS) is 1. The van der Waals surface area contributed by atoms with Crippen molar-refractivity contribution < 1.29 is 9.90 Å². The van der Waals surface area contributed by atoms with Gasteiger partial charge >= 0.3 is 6.09 Å². The largest absolute Gasteiger partial charge is 0.464 e. The molecule has 0 heterocycles. The van der Waals surface area contributed by atoms with Gasteiger partial charge in [0.25, 0.3) is 0 Å². The van der Waals surface area contributed by atoms with Crippen molar-refractivity contribution in [2.24, 2.45) is 0 Å². The van der Waals surface area contributed by atoms with E-state index in [0.717, 1.165) is 13.0 Å². The quantitative estimate of drug-likeness (QED) is 0.280. The van der Waals surface area contributed by atoms with Crippen molar-refractivity contribution >= 4 is 6.09 Å². The number of carbonyl (C=O) groups is 1. The van der Waals surface area contributed by atoms with E-state index in [1.807, 2.05) is 5.43 Å². The molecule has 0 saturated heterocycles. The molecule has 0 atom stereocenters. The first kappa shape index (κ1) is 14.2. The molecule has 0 aromatic carbocycles. The highest BCUT2D eigenvalue weighted by molar-refractivity contribution is 5.63. The van der Waals surface area contributed by atoms with E-state index >= 15 is 0 Å². The number of rotatable bonds is 10. The Bertz CT molecular complexity index is 155. The first-order valence-corrected chi connectivity index (χ1v) is 5.49. The molecule has 0 aliphatic carbocycles. The summed E-state index contributed by atoms with van der Waals surface area (Å²) in [5.41, 5.74) is 9.61. The van der Waals surface area contributed by atoms with Gasteiger partial charge in [-0.15, -0.1) is 0 Å². The van der Waals surface area contributed by atoms with E-state index < -0.39 is 6.09 Å². The second-order valence-electron chi connectivity index (χ2n) is 3.37. The fourth-order valence-corrected chi connectivity index (χ4v) is 1.19. The fourth-order valence-electron chi connectivity index (χ4n) is 1.19. The van der Waals surface area contributed by atoms with Crippen LogP contribution in [0.25, 0.3) is 0 Å². The van der Waals surface area contributed by atoms with Crippen LogP contribution in [0.1, 0.15) is 45.4 Å². The monoisotopic (exact) mass is 218 g/mol. The molecule has 0 rings (SSSR count). The van der Waals surface area contributed by atoms with Crippen molar-refractivity contribution in [3.63, 3.8) is 0 Å². The van der Waals surface area contributed by atoms with Gasteiger partial charge in [0.1, 0.15) is 0 Å². The Hall–Kier alpha value is -0.850. The molecule has 0 aliphatic heterocycles. The molecule has 0 saturated carbocycles. The van der Waals surface area contributed by atoms with E-state index in [0.29, 0.717) is 0 Å². The summed E-state index contributed by atoms with van der Waals surface area (Å²) < 4.78 is 0. The van der Waals surface area contributed by atoms with Gasteiger partial charge in [0.05, 0.1) is 0 Å². The molecular weight excluding hydrogens is 196 g/mol. The minimum absolute atomic E-state index is 0.820. The van der Waals surface area contributed by atoms with Crippen LogP contribution in [-0.2, 0) is 0 Å². The second-order valence-corrected chi connectivity index (χ2v) is 3.37. The van der Waals surface area contributed by atoms with E-state index in [2.05, 4.69) is 23.4 Å². The number of amides is 1. The van der Waals surface area contributed by atoms with Gasteiger partial charge in [0.2, 0.25) is 0 Å². The van der Waals surface area contributed by atoms with Crippen LogP contribution in [0.5, 0.6) is 0 Å². The Morgan fingerprint density at radius 1 is 1.07 bits per heavy atom. The fraction of sp³-hybridized carbons (Fsp3) is 0.889. The number of unbranched alkanes of at least 4 members (excludes halogenated alkanes) is 5. The van der Waals surface area contributed by atoms with Crippen molar-refractivity contribution in [3.05, 3.63) is 0 Å². The topological polar surface area (TPSA) is 85.4 Å². The van der Waals surface area contributed by atoms with Crippen molar-refractivity contribution in [1.82, 2.24) is 21.9 Å². The first-order chi connectivity index (χ1) is 7.27. The third kappa shape index (κ3) is 13.2. The molecule has 0 radical (unpaired) electrons. The zero-order valence-electron chi connectivity index (χ0n) is 9.31. The number of hydrogen-bond donors (Lipinski definition) is 5. The first-order valence-electron chi connectivity index (χ1n) is 5.49. The van der Waals surface area contributed by atoms with Crippen molar-refractivity contribution in [3.8, 4) is 0 Å². The van der Waals surface area contributed by atoms with Crippen molar-refractivity contribution in [1.29, 1.82) is 0 Å². The summed E-state index contributed by atoms with van der Waals surface area (Å²) in [5.74, 6) is 0. The zero-order chi connectivity index (χ0) is 11.4. The van der Waals surface area contributed by atoms with Crippen LogP contribution in [0, 0.1) is 0 Å². The second kappa shape index (κ2) is 11.2. The van der Waals surface area contributed by atoms with Crippen LogP contribution in [0.15, 0.2) is 0 Å². The number of hydrogen-bond acceptors (Lipinski definition) is 4. The van der Waals surface area contributed by atoms with E-state index in [4.69, 9.17) is 5.11 Å². The van der Waals surface area contributed by atoms with Gasteiger partial charge in [0.15, 0.2) is 0 Å². The lowest BCUT2D eigenvalue weighted by Crippen LogP contribution is -2.52. The molecule has 6 nitrogen and oxygen atoms in total. The highest BCUT2D eigenvalue weighted by Gasteiger charge is 1.91. The summed E-state index contributed by atoms with van der Waals surface area (Å²) >= 11 is 0. The zero-order valence-corrected chi connectivity index (χ0v) is 9.31. The molecular formula is C9H22N4O2. The summed E-state index contributed by atoms with van der Waals surface area (Å²) in [6.07, 6.45) is 6.34. The minimum Gasteiger partial charge on any atom is -0.464 e.